The fraction of sp³-hybridized carbons (Fsp3) is 0.273. The van der Waals surface area contributed by atoms with Crippen molar-refractivity contribution < 1.29 is 25.8 Å². The third-order valence-corrected chi connectivity index (χ3v) is 9.27. The molecule has 3 heterocycles. The van der Waals surface area contributed by atoms with Gasteiger partial charge in [0.05, 0.1) is 5.69 Å². The van der Waals surface area contributed by atoms with Gasteiger partial charge >= 0.3 is 21.1 Å². The molecular formula is C44H44N4OPt. The number of hydrogen-bond acceptors (Lipinski definition) is 3. The van der Waals surface area contributed by atoms with Crippen molar-refractivity contribution in [2.24, 2.45) is 5.41 Å². The Morgan fingerprint density at radius 2 is 1.52 bits per heavy atom. The van der Waals surface area contributed by atoms with Gasteiger partial charge in [-0.2, -0.15) is 17.2 Å². The predicted octanol–water partition coefficient (Wildman–Crippen LogP) is 11.3. The number of ether oxygens (including phenoxy) is 1. The van der Waals surface area contributed by atoms with Gasteiger partial charge in [0.2, 0.25) is 0 Å². The fourth-order valence-corrected chi connectivity index (χ4v) is 6.58. The van der Waals surface area contributed by atoms with Crippen molar-refractivity contribution in [1.29, 1.82) is 0 Å². The van der Waals surface area contributed by atoms with Gasteiger partial charge in [-0.25, -0.2) is 4.98 Å². The molecule has 3 aromatic heterocycles. The molecule has 7 aromatic rings. The summed E-state index contributed by atoms with van der Waals surface area (Å²) in [5, 5.41) is 7.18. The van der Waals surface area contributed by atoms with Crippen LogP contribution in [-0.4, -0.2) is 19.3 Å². The Balaban J connectivity index is 0.00000432. The van der Waals surface area contributed by atoms with E-state index in [1.807, 2.05) is 41.2 Å². The van der Waals surface area contributed by atoms with Crippen LogP contribution in [0.15, 0.2) is 97.2 Å². The van der Waals surface area contributed by atoms with Gasteiger partial charge in [-0.15, -0.1) is 35.7 Å². The van der Waals surface area contributed by atoms with E-state index < -0.39 is 0 Å². The Hall–Kier alpha value is -4.47. The first kappa shape index (κ1) is 35.4. The number of nitrogens with zero attached hydrogens (tertiary/aromatic N) is 4. The van der Waals surface area contributed by atoms with Crippen LogP contribution in [0.3, 0.4) is 0 Å². The number of fused-ring (bicyclic) bond motifs is 3. The standard InChI is InChI=1S/C44H44N4O.Pt/c1-29-42(32-13-10-9-11-14-32)30(2)48(46-29)34-15-12-16-35(27-34)49-36-18-19-37-38-26-33(44(6,7)8)17-20-39(38)47(40(37)28-36)41-25-31(22-24-45-41)21-23-43(3,4)5;/h9-20,22,24-26H,21,23H2,1-8H3;/q-2;+2. The van der Waals surface area contributed by atoms with E-state index in [9.17, 15) is 0 Å². The molecule has 0 aliphatic rings. The van der Waals surface area contributed by atoms with Gasteiger partial charge in [0.25, 0.3) is 0 Å². The Labute approximate surface area is 310 Å². The monoisotopic (exact) mass is 839 g/mol. The summed E-state index contributed by atoms with van der Waals surface area (Å²) in [4.78, 5) is 4.88. The molecule has 0 saturated carbocycles. The van der Waals surface area contributed by atoms with Crippen LogP contribution in [0.4, 0.5) is 0 Å². The first-order valence-corrected chi connectivity index (χ1v) is 17.1. The Kier molecular flexibility index (Phi) is 9.67. The van der Waals surface area contributed by atoms with E-state index in [1.165, 1.54) is 16.5 Å². The van der Waals surface area contributed by atoms with Crippen molar-refractivity contribution in [3.63, 3.8) is 0 Å². The van der Waals surface area contributed by atoms with E-state index >= 15 is 0 Å². The normalized spacial score (nSPS) is 12.0. The zero-order chi connectivity index (χ0) is 34.5. The molecule has 256 valence electrons. The summed E-state index contributed by atoms with van der Waals surface area (Å²) in [7, 11) is 0. The first-order chi connectivity index (χ1) is 23.4. The van der Waals surface area contributed by atoms with Crippen molar-refractivity contribution in [3.05, 3.63) is 132 Å². The van der Waals surface area contributed by atoms with Gasteiger partial charge in [0.1, 0.15) is 5.82 Å². The summed E-state index contributed by atoms with van der Waals surface area (Å²) >= 11 is 0. The maximum absolute atomic E-state index is 6.49. The van der Waals surface area contributed by atoms with E-state index in [1.54, 1.807) is 0 Å². The summed E-state index contributed by atoms with van der Waals surface area (Å²) in [6.07, 6.45) is 4.03. The van der Waals surface area contributed by atoms with E-state index in [0.717, 1.165) is 63.3 Å². The summed E-state index contributed by atoms with van der Waals surface area (Å²) in [6, 6.07) is 38.7. The van der Waals surface area contributed by atoms with Crippen molar-refractivity contribution in [2.45, 2.75) is 73.6 Å². The van der Waals surface area contributed by atoms with Crippen LogP contribution in [0.25, 0.3) is 44.4 Å². The number of benzene rings is 4. The molecule has 5 nitrogen and oxygen atoms in total. The largest absolute Gasteiger partial charge is 2.00 e. The van der Waals surface area contributed by atoms with Crippen LogP contribution in [-0.2, 0) is 32.9 Å². The summed E-state index contributed by atoms with van der Waals surface area (Å²) in [5.41, 5.74) is 10.0. The number of aromatic nitrogens is 4. The average Bonchev–Trinajstić information content (AvgIpc) is 3.55. The summed E-state index contributed by atoms with van der Waals surface area (Å²) in [6.45, 7) is 17.8. The molecule has 6 heteroatoms. The van der Waals surface area contributed by atoms with Gasteiger partial charge in [-0.05, 0) is 83.5 Å². The molecule has 7 rings (SSSR count). The van der Waals surface area contributed by atoms with Crippen molar-refractivity contribution in [1.82, 2.24) is 19.3 Å². The van der Waals surface area contributed by atoms with E-state index in [0.29, 0.717) is 11.5 Å². The second-order valence-electron chi connectivity index (χ2n) is 15.3. The summed E-state index contributed by atoms with van der Waals surface area (Å²) in [5.74, 6) is 2.10. The molecule has 0 unspecified atom stereocenters. The van der Waals surface area contributed by atoms with Crippen LogP contribution in [0, 0.1) is 31.4 Å². The Morgan fingerprint density at radius 3 is 2.26 bits per heavy atom. The SMILES string of the molecule is Cc1nn(-c2[c-]c(Oc3[c-]c4c(cc3)c3cc(C(C)(C)C)ccc3n4-c3cc(CCC(C)(C)C)ccn3)ccc2)c(C)c1-c1ccccc1.[Pt+2]. The molecular weight excluding hydrogens is 796 g/mol. The topological polar surface area (TPSA) is 44.9 Å². The molecule has 0 fully saturated rings. The molecule has 0 bridgehead atoms. The smallest absolute Gasteiger partial charge is 0.509 e. The van der Waals surface area contributed by atoms with Crippen molar-refractivity contribution >= 4 is 21.8 Å². The number of rotatable bonds is 7. The molecule has 4 aromatic carbocycles. The zero-order valence-corrected chi connectivity index (χ0v) is 32.4. The summed E-state index contributed by atoms with van der Waals surface area (Å²) < 4.78 is 10.7. The third-order valence-electron chi connectivity index (χ3n) is 9.27. The maximum Gasteiger partial charge on any atom is 2.00 e. The Bertz CT molecular complexity index is 2300. The molecule has 0 amide bonds. The average molecular weight is 840 g/mol. The molecule has 0 atom stereocenters. The molecule has 0 aliphatic heterocycles. The van der Waals surface area contributed by atoms with Crippen LogP contribution in [0.5, 0.6) is 11.5 Å². The first-order valence-electron chi connectivity index (χ1n) is 17.1. The predicted molar refractivity (Wildman–Crippen MR) is 201 cm³/mol. The second-order valence-corrected chi connectivity index (χ2v) is 15.3. The Morgan fingerprint density at radius 1 is 0.760 bits per heavy atom. The molecule has 0 spiro atoms. The molecule has 50 heavy (non-hydrogen) atoms. The van der Waals surface area contributed by atoms with Crippen LogP contribution >= 0.6 is 0 Å². The number of pyridine rings is 1. The van der Waals surface area contributed by atoms with E-state index in [4.69, 9.17) is 14.8 Å². The molecule has 0 N–H and O–H groups in total. The molecule has 0 aliphatic carbocycles. The van der Waals surface area contributed by atoms with Gasteiger partial charge in [0, 0.05) is 34.5 Å². The van der Waals surface area contributed by atoms with Crippen LogP contribution in [0.1, 0.15) is 70.5 Å². The minimum Gasteiger partial charge on any atom is -0.509 e. The quantitative estimate of drug-likeness (QED) is 0.150. The van der Waals surface area contributed by atoms with E-state index in [2.05, 4.69) is 133 Å². The van der Waals surface area contributed by atoms with Crippen LogP contribution < -0.4 is 4.74 Å². The van der Waals surface area contributed by atoms with Gasteiger partial charge in [0.15, 0.2) is 0 Å². The second kappa shape index (κ2) is 13.7. The van der Waals surface area contributed by atoms with Crippen molar-refractivity contribution in [2.75, 3.05) is 0 Å². The fourth-order valence-electron chi connectivity index (χ4n) is 6.58. The molecule has 0 radical (unpaired) electrons. The number of aryl methyl sites for hydroxylation is 2. The van der Waals surface area contributed by atoms with Gasteiger partial charge in [-0.3, -0.25) is 4.68 Å². The van der Waals surface area contributed by atoms with Crippen LogP contribution in [0.2, 0.25) is 0 Å². The minimum absolute atomic E-state index is 0. The van der Waals surface area contributed by atoms with Gasteiger partial charge < -0.3 is 9.30 Å². The van der Waals surface area contributed by atoms with E-state index in [-0.39, 0.29) is 31.9 Å². The third kappa shape index (κ3) is 7.07. The zero-order valence-electron chi connectivity index (χ0n) is 30.2. The number of hydrogen-bond donors (Lipinski definition) is 0. The maximum atomic E-state index is 6.49. The molecule has 0 saturated heterocycles. The minimum atomic E-state index is 0. The van der Waals surface area contributed by atoms with Gasteiger partial charge in [-0.1, -0.05) is 89.5 Å². The van der Waals surface area contributed by atoms with Crippen molar-refractivity contribution in [3.8, 4) is 34.1 Å².